The molecule has 1 atom stereocenters. The Morgan fingerprint density at radius 2 is 2.11 bits per heavy atom. The predicted octanol–water partition coefficient (Wildman–Crippen LogP) is 2.62. The highest BCUT2D eigenvalue weighted by Crippen LogP contribution is 2.35. The summed E-state index contributed by atoms with van der Waals surface area (Å²) in [5.74, 6) is -0.708. The number of rotatable bonds is 3. The Hall–Kier alpha value is -1.24. The zero-order valence-electron chi connectivity index (χ0n) is 10.1. The van der Waals surface area contributed by atoms with Crippen LogP contribution in [0.15, 0.2) is 0 Å². The van der Waals surface area contributed by atoms with Gasteiger partial charge in [0.1, 0.15) is 5.02 Å². The Balaban J connectivity index is 3.10. The first-order valence-electron chi connectivity index (χ1n) is 5.29. The quantitative estimate of drug-likeness (QED) is 0.927. The van der Waals surface area contributed by atoms with Crippen molar-refractivity contribution in [2.24, 2.45) is 7.05 Å². The number of hydrogen-bond acceptors (Lipinski definition) is 2. The van der Waals surface area contributed by atoms with Gasteiger partial charge < -0.3 is 5.32 Å². The number of carbonyl (C=O) groups excluding carboxylic acids is 1. The fourth-order valence-corrected chi connectivity index (χ4v) is 1.70. The number of halogens is 4. The van der Waals surface area contributed by atoms with Crippen molar-refractivity contribution in [3.63, 3.8) is 0 Å². The smallest absolute Gasteiger partial charge is 0.348 e. The van der Waals surface area contributed by atoms with E-state index in [1.807, 2.05) is 6.92 Å². The van der Waals surface area contributed by atoms with Crippen molar-refractivity contribution in [2.45, 2.75) is 32.5 Å². The van der Waals surface area contributed by atoms with Gasteiger partial charge >= 0.3 is 6.18 Å². The largest absolute Gasteiger partial charge is 0.434 e. The second-order valence-electron chi connectivity index (χ2n) is 3.92. The van der Waals surface area contributed by atoms with E-state index >= 15 is 0 Å². The summed E-state index contributed by atoms with van der Waals surface area (Å²) >= 11 is 5.57. The molecule has 0 aliphatic rings. The summed E-state index contributed by atoms with van der Waals surface area (Å²) in [7, 11) is 1.09. The molecule has 1 aromatic heterocycles. The van der Waals surface area contributed by atoms with Crippen LogP contribution < -0.4 is 5.32 Å². The van der Waals surface area contributed by atoms with Crippen molar-refractivity contribution in [2.75, 3.05) is 0 Å². The van der Waals surface area contributed by atoms with Gasteiger partial charge in [-0.25, -0.2) is 0 Å². The van der Waals surface area contributed by atoms with Gasteiger partial charge in [0.2, 0.25) is 0 Å². The van der Waals surface area contributed by atoms with Crippen molar-refractivity contribution in [3.05, 3.63) is 16.4 Å². The average molecular weight is 284 g/mol. The molecule has 0 spiro atoms. The fourth-order valence-electron chi connectivity index (χ4n) is 1.35. The molecule has 0 saturated heterocycles. The third-order valence-corrected chi connectivity index (χ3v) is 2.82. The van der Waals surface area contributed by atoms with Crippen LogP contribution in [0.5, 0.6) is 0 Å². The molecule has 0 fully saturated rings. The second-order valence-corrected chi connectivity index (χ2v) is 4.29. The highest BCUT2D eigenvalue weighted by molar-refractivity contribution is 6.34. The lowest BCUT2D eigenvalue weighted by molar-refractivity contribution is -0.143. The van der Waals surface area contributed by atoms with Crippen LogP contribution in [0.2, 0.25) is 5.02 Å². The van der Waals surface area contributed by atoms with E-state index in [2.05, 4.69) is 10.4 Å². The van der Waals surface area contributed by atoms with Gasteiger partial charge in [0, 0.05) is 13.1 Å². The van der Waals surface area contributed by atoms with Crippen molar-refractivity contribution in [1.82, 2.24) is 15.1 Å². The van der Waals surface area contributed by atoms with Crippen LogP contribution >= 0.6 is 11.6 Å². The lowest BCUT2D eigenvalue weighted by atomic mass is 10.2. The minimum absolute atomic E-state index is 0.162. The summed E-state index contributed by atoms with van der Waals surface area (Å²) in [5, 5.41) is 5.35. The van der Waals surface area contributed by atoms with Crippen molar-refractivity contribution in [1.29, 1.82) is 0 Å². The van der Waals surface area contributed by atoms with Crippen molar-refractivity contribution < 1.29 is 18.0 Å². The van der Waals surface area contributed by atoms with E-state index in [-0.39, 0.29) is 6.04 Å². The molecular formula is C10H13ClF3N3O. The van der Waals surface area contributed by atoms with Gasteiger partial charge in [-0.15, -0.1) is 0 Å². The number of nitrogens with zero attached hydrogens (tertiary/aromatic N) is 2. The molecule has 0 aliphatic carbocycles. The monoisotopic (exact) mass is 283 g/mol. The van der Waals surface area contributed by atoms with Gasteiger partial charge in [0.05, 0.1) is 0 Å². The Morgan fingerprint density at radius 1 is 1.56 bits per heavy atom. The summed E-state index contributed by atoms with van der Waals surface area (Å²) < 4.78 is 38.5. The lowest BCUT2D eigenvalue weighted by Crippen LogP contribution is -2.32. The number of alkyl halides is 3. The SMILES string of the molecule is CCC(C)NC(=O)c1nn(C)c(C(F)(F)F)c1Cl. The van der Waals surface area contributed by atoms with Crippen molar-refractivity contribution in [3.8, 4) is 0 Å². The van der Waals surface area contributed by atoms with Crippen molar-refractivity contribution >= 4 is 17.5 Å². The fraction of sp³-hybridized carbons (Fsp3) is 0.600. The average Bonchev–Trinajstić information content (AvgIpc) is 2.53. The molecule has 1 unspecified atom stereocenters. The standard InChI is InChI=1S/C10H13ClF3N3O/c1-4-5(2)15-9(18)7-6(11)8(10(12,13)14)17(3)16-7/h5H,4H2,1-3H3,(H,15,18). The molecule has 0 aliphatic heterocycles. The first-order valence-corrected chi connectivity index (χ1v) is 5.66. The highest BCUT2D eigenvalue weighted by atomic mass is 35.5. The van der Waals surface area contributed by atoms with Gasteiger partial charge in [-0.3, -0.25) is 9.48 Å². The Bertz CT molecular complexity index is 456. The molecule has 1 rings (SSSR count). The van der Waals surface area contributed by atoms with E-state index in [1.54, 1.807) is 6.92 Å². The van der Waals surface area contributed by atoms with E-state index in [0.29, 0.717) is 11.1 Å². The molecule has 8 heteroatoms. The lowest BCUT2D eigenvalue weighted by Gasteiger charge is -2.09. The second kappa shape index (κ2) is 5.17. The van der Waals surface area contributed by atoms with Gasteiger partial charge in [-0.05, 0) is 13.3 Å². The minimum Gasteiger partial charge on any atom is -0.348 e. The molecule has 0 aromatic carbocycles. The normalized spacial score (nSPS) is 13.5. The summed E-state index contributed by atoms with van der Waals surface area (Å²) in [6, 6.07) is -0.162. The maximum atomic E-state index is 12.6. The molecule has 1 N–H and O–H groups in total. The van der Waals surface area contributed by atoms with Crippen LogP contribution in [0.25, 0.3) is 0 Å². The third-order valence-electron chi connectivity index (χ3n) is 2.46. The zero-order valence-corrected chi connectivity index (χ0v) is 10.9. The Morgan fingerprint density at radius 3 is 2.50 bits per heavy atom. The number of nitrogens with one attached hydrogen (secondary N) is 1. The predicted molar refractivity (Wildman–Crippen MR) is 60.4 cm³/mol. The molecular weight excluding hydrogens is 271 g/mol. The maximum Gasteiger partial charge on any atom is 0.434 e. The van der Waals surface area contributed by atoms with Gasteiger partial charge in [-0.1, -0.05) is 18.5 Å². The molecule has 0 saturated carbocycles. The molecule has 102 valence electrons. The zero-order chi connectivity index (χ0) is 14.1. The van der Waals surface area contributed by atoms with Crippen LogP contribution in [0, 0.1) is 0 Å². The summed E-state index contributed by atoms with van der Waals surface area (Å²) in [6.45, 7) is 3.57. The number of aromatic nitrogens is 2. The molecule has 4 nitrogen and oxygen atoms in total. The summed E-state index contributed by atoms with van der Waals surface area (Å²) in [4.78, 5) is 11.7. The molecule has 1 heterocycles. The first-order chi connectivity index (χ1) is 8.18. The van der Waals surface area contributed by atoms with Crippen LogP contribution in [0.4, 0.5) is 13.2 Å². The minimum atomic E-state index is -4.65. The van der Waals surface area contributed by atoms with E-state index < -0.39 is 28.5 Å². The van der Waals surface area contributed by atoms with Gasteiger partial charge in [-0.2, -0.15) is 18.3 Å². The van der Waals surface area contributed by atoms with Crippen LogP contribution in [0.3, 0.4) is 0 Å². The maximum absolute atomic E-state index is 12.6. The summed E-state index contributed by atoms with van der Waals surface area (Å²) in [5.41, 5.74) is -1.54. The Kier molecular flexibility index (Phi) is 4.26. The van der Waals surface area contributed by atoms with E-state index in [4.69, 9.17) is 11.6 Å². The van der Waals surface area contributed by atoms with Gasteiger partial charge in [0.25, 0.3) is 5.91 Å². The van der Waals surface area contributed by atoms with Crippen LogP contribution in [-0.2, 0) is 13.2 Å². The van der Waals surface area contributed by atoms with Crippen LogP contribution in [0.1, 0.15) is 36.5 Å². The Labute approximate surface area is 107 Å². The summed E-state index contributed by atoms with van der Waals surface area (Å²) in [6.07, 6.45) is -3.99. The molecule has 1 aromatic rings. The third kappa shape index (κ3) is 2.95. The van der Waals surface area contributed by atoms with Gasteiger partial charge in [0.15, 0.2) is 11.4 Å². The molecule has 18 heavy (non-hydrogen) atoms. The van der Waals surface area contributed by atoms with E-state index in [1.165, 1.54) is 0 Å². The number of carbonyl (C=O) groups is 1. The topological polar surface area (TPSA) is 46.9 Å². The first kappa shape index (κ1) is 14.8. The highest BCUT2D eigenvalue weighted by Gasteiger charge is 2.40. The molecule has 0 bridgehead atoms. The molecule has 0 radical (unpaired) electrons. The molecule has 1 amide bonds. The number of amides is 1. The number of aryl methyl sites for hydroxylation is 1. The van der Waals surface area contributed by atoms with E-state index in [0.717, 1.165) is 7.05 Å². The van der Waals surface area contributed by atoms with Crippen LogP contribution in [-0.4, -0.2) is 21.7 Å². The number of hydrogen-bond donors (Lipinski definition) is 1. The van der Waals surface area contributed by atoms with E-state index in [9.17, 15) is 18.0 Å².